The number of hydrogen-bond donors (Lipinski definition) is 1. The van der Waals surface area contributed by atoms with Gasteiger partial charge >= 0.3 is 7.25 Å². The number of para-hydroxylation sites is 1. The molecule has 0 aliphatic rings. The summed E-state index contributed by atoms with van der Waals surface area (Å²) < 4.78 is 46.2. The van der Waals surface area contributed by atoms with E-state index in [1.165, 1.54) is 54.1 Å². The van der Waals surface area contributed by atoms with Gasteiger partial charge in [-0.15, -0.1) is 0 Å². The topological polar surface area (TPSA) is 29.5 Å². The van der Waals surface area contributed by atoms with Crippen molar-refractivity contribution in [2.75, 3.05) is 6.61 Å². The zero-order chi connectivity index (χ0) is 23.8. The molecule has 0 amide bonds. The highest BCUT2D eigenvalue weighted by atomic mass is 127. The minimum Gasteiger partial charge on any atom is -0.490 e. The fraction of sp³-hybridized carbons (Fsp3) is 0.500. The molecule has 32 heavy (non-hydrogen) atoms. The lowest BCUT2D eigenvalue weighted by Gasteiger charge is -2.15. The Morgan fingerprint density at radius 2 is 1.31 bits per heavy atom. The number of aliphatic hydroxyl groups excluding tert-OH is 1. The first kappa shape index (κ1) is 28.7. The molecule has 0 saturated heterocycles. The van der Waals surface area contributed by atoms with Gasteiger partial charge in [-0.1, -0.05) is 88.6 Å². The molecule has 1 atom stereocenters. The zero-order valence-corrected chi connectivity index (χ0v) is 21.0. The third-order valence-electron chi connectivity index (χ3n) is 4.89. The van der Waals surface area contributed by atoms with Crippen LogP contribution in [0.5, 0.6) is 5.75 Å². The molecular weight excluding hydrogens is 534 g/mol. The number of halogens is 5. The second-order valence-corrected chi connectivity index (χ2v) is 8.97. The fourth-order valence-corrected chi connectivity index (χ4v) is 4.02. The molecule has 0 saturated carbocycles. The van der Waals surface area contributed by atoms with Crippen molar-refractivity contribution in [1.82, 2.24) is 0 Å². The molecule has 180 valence electrons. The lowest BCUT2D eigenvalue weighted by Crippen LogP contribution is -3.34. The summed E-state index contributed by atoms with van der Waals surface area (Å²) in [6.45, 7) is 2.61. The van der Waals surface area contributed by atoms with Gasteiger partial charge < -0.3 is 27.1 Å². The quantitative estimate of drug-likeness (QED) is 0.168. The third-order valence-corrected chi connectivity index (χ3v) is 5.90. The monoisotopic (exact) mass is 568 g/mol. The summed E-state index contributed by atoms with van der Waals surface area (Å²) >= 11 is 2.03. The molecule has 0 aliphatic carbocycles. The maximum Gasteiger partial charge on any atom is 0.673 e. The van der Waals surface area contributed by atoms with Crippen LogP contribution in [0, 0.1) is 3.57 Å². The highest BCUT2D eigenvalue weighted by Gasteiger charge is 2.20. The largest absolute Gasteiger partial charge is 0.673 e. The Morgan fingerprint density at radius 3 is 1.91 bits per heavy atom. The average Bonchev–Trinajstić information content (AvgIpc) is 2.74. The van der Waals surface area contributed by atoms with Gasteiger partial charge in [0.1, 0.15) is 12.4 Å². The Labute approximate surface area is 203 Å². The standard InChI is InChI=1S/C24H34IO2.BF4/c1-2-3-4-5-6-7-8-9-14-20(26)19-27-24-18-13-11-16-22(24)21-15-10-12-17-23(21)25;2-1(3,4)5/h10-13,15-18,20,25-26H,2-9,14,19H2,1H3;/q+1;-1. The van der Waals surface area contributed by atoms with Crippen molar-refractivity contribution in [3.8, 4) is 16.9 Å². The second kappa shape index (κ2) is 16.3. The predicted molar refractivity (Wildman–Crippen MR) is 121 cm³/mol. The number of rotatable bonds is 13. The molecule has 0 bridgehead atoms. The first-order valence-corrected chi connectivity index (χ1v) is 12.4. The van der Waals surface area contributed by atoms with Crippen molar-refractivity contribution in [3.05, 3.63) is 52.1 Å². The van der Waals surface area contributed by atoms with Crippen LogP contribution >= 0.6 is 0 Å². The van der Waals surface area contributed by atoms with E-state index in [2.05, 4.69) is 37.3 Å². The summed E-state index contributed by atoms with van der Waals surface area (Å²) in [6.07, 6.45) is 10.7. The summed E-state index contributed by atoms with van der Waals surface area (Å²) in [4.78, 5) is 0. The third kappa shape index (κ3) is 14.0. The number of hydrogen-bond acceptors (Lipinski definition) is 2. The average molecular weight is 568 g/mol. The molecule has 8 heteroatoms. The van der Waals surface area contributed by atoms with Crippen molar-refractivity contribution in [1.29, 1.82) is 0 Å². The van der Waals surface area contributed by atoms with Crippen LogP contribution in [-0.4, -0.2) is 25.1 Å². The SMILES string of the molecule is CCCCCCCCCCC(O)COc1ccccc1-c1ccccc1[IH+].F[B-](F)(F)F. The lowest BCUT2D eigenvalue weighted by molar-refractivity contribution is -0.326. The van der Waals surface area contributed by atoms with Gasteiger partial charge in [-0.05, 0) is 24.6 Å². The molecule has 2 nitrogen and oxygen atoms in total. The minimum absolute atomic E-state index is 0.361. The lowest BCUT2D eigenvalue weighted by atomic mass is 10.0. The summed E-state index contributed by atoms with van der Waals surface area (Å²) in [5.74, 6) is 0.850. The number of unbranched alkanes of at least 4 members (excludes halogenated alkanes) is 7. The van der Waals surface area contributed by atoms with Gasteiger partial charge in [0.2, 0.25) is 0 Å². The van der Waals surface area contributed by atoms with Crippen LogP contribution in [0.3, 0.4) is 0 Å². The maximum absolute atomic E-state index is 10.3. The van der Waals surface area contributed by atoms with Crippen LogP contribution in [0.4, 0.5) is 17.3 Å². The second-order valence-electron chi connectivity index (χ2n) is 7.72. The molecule has 1 N–H and O–H groups in total. The Morgan fingerprint density at radius 1 is 0.812 bits per heavy atom. The van der Waals surface area contributed by atoms with E-state index in [0.29, 0.717) is 6.61 Å². The van der Waals surface area contributed by atoms with E-state index in [1.54, 1.807) is 0 Å². The number of ether oxygens (including phenoxy) is 1. The molecular formula is C24H34BF4IO2. The van der Waals surface area contributed by atoms with Crippen molar-refractivity contribution in [3.63, 3.8) is 0 Å². The minimum atomic E-state index is -6.00. The first-order valence-electron chi connectivity index (χ1n) is 11.3. The first-order chi connectivity index (χ1) is 15.2. The van der Waals surface area contributed by atoms with Gasteiger partial charge in [0.15, 0.2) is 3.57 Å². The van der Waals surface area contributed by atoms with Crippen LogP contribution < -0.4 is 27.3 Å². The highest BCUT2D eigenvalue weighted by molar-refractivity contribution is 6.50. The molecule has 0 fully saturated rings. The Kier molecular flexibility index (Phi) is 14.7. The molecule has 2 aromatic carbocycles. The van der Waals surface area contributed by atoms with Crippen molar-refractivity contribution in [2.24, 2.45) is 0 Å². The van der Waals surface area contributed by atoms with Crippen molar-refractivity contribution >= 4 is 7.25 Å². The number of aliphatic hydroxyl groups is 1. The molecule has 0 heterocycles. The molecule has 2 rings (SSSR count). The van der Waals surface area contributed by atoms with Crippen molar-refractivity contribution < 1.29 is 49.7 Å². The Balaban J connectivity index is 0.000000920. The van der Waals surface area contributed by atoms with Crippen LogP contribution in [-0.2, 0) is 0 Å². The summed E-state index contributed by atoms with van der Waals surface area (Å²) in [6, 6.07) is 16.5. The summed E-state index contributed by atoms with van der Waals surface area (Å²) in [5.41, 5.74) is 2.29. The van der Waals surface area contributed by atoms with Gasteiger partial charge in [0.25, 0.3) is 22.6 Å². The molecule has 0 spiro atoms. The zero-order valence-electron chi connectivity index (χ0n) is 18.6. The fourth-order valence-electron chi connectivity index (χ4n) is 3.29. The molecule has 0 aromatic heterocycles. The Hall–Kier alpha value is -1.29. The van der Waals surface area contributed by atoms with Gasteiger partial charge in [-0.25, -0.2) is 0 Å². The van der Waals surface area contributed by atoms with Gasteiger partial charge in [0.05, 0.1) is 6.10 Å². The summed E-state index contributed by atoms with van der Waals surface area (Å²) in [7, 11) is -6.00. The van der Waals surface area contributed by atoms with Crippen LogP contribution in [0.15, 0.2) is 48.5 Å². The van der Waals surface area contributed by atoms with E-state index in [9.17, 15) is 22.4 Å². The van der Waals surface area contributed by atoms with E-state index >= 15 is 0 Å². The van der Waals surface area contributed by atoms with Crippen molar-refractivity contribution in [2.45, 2.75) is 70.8 Å². The van der Waals surface area contributed by atoms with Crippen LogP contribution in [0.1, 0.15) is 64.7 Å². The normalized spacial score (nSPS) is 12.1. The van der Waals surface area contributed by atoms with Gasteiger partial charge in [-0.2, -0.15) is 0 Å². The van der Waals surface area contributed by atoms with E-state index in [-0.39, 0.29) is 0 Å². The van der Waals surface area contributed by atoms with E-state index in [4.69, 9.17) is 4.74 Å². The van der Waals surface area contributed by atoms with E-state index in [1.807, 2.05) is 40.8 Å². The van der Waals surface area contributed by atoms with Gasteiger partial charge in [-0.3, -0.25) is 0 Å². The smallest absolute Gasteiger partial charge is 0.490 e. The molecule has 0 aliphatic heterocycles. The summed E-state index contributed by atoms with van der Waals surface area (Å²) in [5, 5.41) is 10.3. The molecule has 2 aromatic rings. The highest BCUT2D eigenvalue weighted by Crippen LogP contribution is 2.29. The van der Waals surface area contributed by atoms with Crippen LogP contribution in [0.25, 0.3) is 11.1 Å². The Bertz CT molecular complexity index is 753. The van der Waals surface area contributed by atoms with Crippen LogP contribution in [0.2, 0.25) is 0 Å². The van der Waals surface area contributed by atoms with E-state index in [0.717, 1.165) is 24.2 Å². The van der Waals surface area contributed by atoms with E-state index < -0.39 is 13.4 Å². The molecule has 0 radical (unpaired) electrons. The predicted octanol–water partition coefficient (Wildman–Crippen LogP) is 4.38. The van der Waals surface area contributed by atoms with Gasteiger partial charge in [0, 0.05) is 11.1 Å². The maximum atomic E-state index is 10.3. The molecule has 1 unspecified atom stereocenters. The number of benzene rings is 2.